The minimum Gasteiger partial charge on any atom is -0.335 e. The number of carbonyl (C=O) groups excluding carboxylic acids is 1. The molecule has 0 aromatic heterocycles. The van der Waals surface area contributed by atoms with Crippen molar-refractivity contribution in [2.24, 2.45) is 0 Å². The van der Waals surface area contributed by atoms with Crippen LogP contribution in [0.5, 0.6) is 0 Å². The zero-order chi connectivity index (χ0) is 13.0. The van der Waals surface area contributed by atoms with E-state index in [1.54, 1.807) is 4.90 Å². The van der Waals surface area contributed by atoms with Gasteiger partial charge in [-0.05, 0) is 48.0 Å². The number of rotatable bonds is 4. The third-order valence-electron chi connectivity index (χ3n) is 2.38. The molecule has 1 aromatic rings. The monoisotopic (exact) mass is 365 g/mol. The van der Waals surface area contributed by atoms with E-state index in [2.05, 4.69) is 31.9 Å². The van der Waals surface area contributed by atoms with E-state index in [1.165, 1.54) is 18.2 Å². The molecule has 0 unspecified atom stereocenters. The van der Waals surface area contributed by atoms with E-state index in [-0.39, 0.29) is 17.8 Å². The van der Waals surface area contributed by atoms with Gasteiger partial charge >= 0.3 is 0 Å². The number of amides is 1. The van der Waals surface area contributed by atoms with Crippen LogP contribution in [0.1, 0.15) is 24.2 Å². The summed E-state index contributed by atoms with van der Waals surface area (Å²) in [6.07, 6.45) is 0. The van der Waals surface area contributed by atoms with E-state index in [1.807, 2.05) is 13.8 Å². The Morgan fingerprint density at radius 1 is 1.47 bits per heavy atom. The van der Waals surface area contributed by atoms with Crippen LogP contribution in [0, 0.1) is 5.82 Å². The van der Waals surface area contributed by atoms with E-state index in [9.17, 15) is 9.18 Å². The van der Waals surface area contributed by atoms with Crippen molar-refractivity contribution < 1.29 is 9.18 Å². The molecule has 5 heteroatoms. The zero-order valence-corrected chi connectivity index (χ0v) is 12.9. The van der Waals surface area contributed by atoms with Crippen molar-refractivity contribution in [2.45, 2.75) is 19.9 Å². The first-order valence-corrected chi connectivity index (χ1v) is 7.20. The van der Waals surface area contributed by atoms with Gasteiger partial charge in [-0.2, -0.15) is 0 Å². The first-order chi connectivity index (χ1) is 7.97. The van der Waals surface area contributed by atoms with E-state index < -0.39 is 0 Å². The maximum atomic E-state index is 13.1. The molecule has 1 rings (SSSR count). The molecule has 1 aromatic carbocycles. The smallest absolute Gasteiger partial charge is 0.254 e. The highest BCUT2D eigenvalue weighted by Crippen LogP contribution is 2.18. The highest BCUT2D eigenvalue weighted by Gasteiger charge is 2.18. The standard InChI is InChI=1S/C12H14Br2FNO/c1-8(2)16(6-5-13)12(17)9-3-4-11(15)10(14)7-9/h3-4,7-8H,5-6H2,1-2H3. The highest BCUT2D eigenvalue weighted by atomic mass is 79.9. The maximum Gasteiger partial charge on any atom is 0.254 e. The Morgan fingerprint density at radius 3 is 2.59 bits per heavy atom. The van der Waals surface area contributed by atoms with Crippen molar-refractivity contribution in [2.75, 3.05) is 11.9 Å². The zero-order valence-electron chi connectivity index (χ0n) is 9.71. The van der Waals surface area contributed by atoms with Crippen molar-refractivity contribution in [3.8, 4) is 0 Å². The molecule has 94 valence electrons. The van der Waals surface area contributed by atoms with Crippen LogP contribution >= 0.6 is 31.9 Å². The third-order valence-corrected chi connectivity index (χ3v) is 3.34. The highest BCUT2D eigenvalue weighted by molar-refractivity contribution is 9.10. The summed E-state index contributed by atoms with van der Waals surface area (Å²) in [5.41, 5.74) is 0.493. The number of nitrogens with zero attached hydrogens (tertiary/aromatic N) is 1. The lowest BCUT2D eigenvalue weighted by atomic mass is 10.1. The Kier molecular flexibility index (Phi) is 5.59. The summed E-state index contributed by atoms with van der Waals surface area (Å²) >= 11 is 6.41. The van der Waals surface area contributed by atoms with Crippen LogP contribution in [0.3, 0.4) is 0 Å². The van der Waals surface area contributed by atoms with Crippen molar-refractivity contribution in [3.63, 3.8) is 0 Å². The average molecular weight is 367 g/mol. The fraction of sp³-hybridized carbons (Fsp3) is 0.417. The Balaban J connectivity index is 2.97. The van der Waals surface area contributed by atoms with Crippen LogP contribution in [0.4, 0.5) is 4.39 Å². The summed E-state index contributed by atoms with van der Waals surface area (Å²) in [4.78, 5) is 13.9. The van der Waals surface area contributed by atoms with Crippen LogP contribution in [0.2, 0.25) is 0 Å². The van der Waals surface area contributed by atoms with Gasteiger partial charge in [-0.1, -0.05) is 15.9 Å². The van der Waals surface area contributed by atoms with E-state index in [0.717, 1.165) is 5.33 Å². The van der Waals surface area contributed by atoms with Gasteiger partial charge in [0.05, 0.1) is 4.47 Å². The molecule has 0 aliphatic heterocycles. The van der Waals surface area contributed by atoms with Crippen LogP contribution in [-0.4, -0.2) is 28.7 Å². The predicted octanol–water partition coefficient (Wildman–Crippen LogP) is 3.83. The van der Waals surface area contributed by atoms with E-state index in [4.69, 9.17) is 0 Å². The van der Waals surface area contributed by atoms with Crippen LogP contribution in [-0.2, 0) is 0 Å². The number of hydrogen-bond acceptors (Lipinski definition) is 1. The molecule has 0 aliphatic rings. The molecule has 0 saturated carbocycles. The molecule has 2 nitrogen and oxygen atoms in total. The SMILES string of the molecule is CC(C)N(CCBr)C(=O)c1ccc(F)c(Br)c1. The maximum absolute atomic E-state index is 13.1. The molecular formula is C12H14Br2FNO. The number of hydrogen-bond donors (Lipinski definition) is 0. The van der Waals surface area contributed by atoms with Gasteiger partial charge in [0.1, 0.15) is 5.82 Å². The topological polar surface area (TPSA) is 20.3 Å². The normalized spacial score (nSPS) is 10.7. The molecule has 0 heterocycles. The summed E-state index contributed by atoms with van der Waals surface area (Å²) in [7, 11) is 0. The quantitative estimate of drug-likeness (QED) is 0.741. The molecule has 17 heavy (non-hydrogen) atoms. The van der Waals surface area contributed by atoms with E-state index in [0.29, 0.717) is 16.6 Å². The molecule has 0 N–H and O–H groups in total. The van der Waals surface area contributed by atoms with Gasteiger partial charge in [0.2, 0.25) is 0 Å². The molecule has 0 bridgehead atoms. The predicted molar refractivity (Wildman–Crippen MR) is 74.1 cm³/mol. The molecule has 0 saturated heterocycles. The van der Waals surface area contributed by atoms with Crippen LogP contribution in [0.15, 0.2) is 22.7 Å². The molecule has 0 fully saturated rings. The molecule has 0 spiro atoms. The fourth-order valence-electron chi connectivity index (χ4n) is 1.48. The van der Waals surface area contributed by atoms with Gasteiger partial charge in [-0.15, -0.1) is 0 Å². The van der Waals surface area contributed by atoms with Crippen LogP contribution < -0.4 is 0 Å². The Labute approximate surface area is 117 Å². The number of halogens is 3. The van der Waals surface area contributed by atoms with Gasteiger partial charge in [0.15, 0.2) is 0 Å². The Morgan fingerprint density at radius 2 is 2.12 bits per heavy atom. The second kappa shape index (κ2) is 6.50. The summed E-state index contributed by atoms with van der Waals surface area (Å²) in [5, 5.41) is 0.722. The third kappa shape index (κ3) is 3.78. The minimum atomic E-state index is -0.363. The lowest BCUT2D eigenvalue weighted by Gasteiger charge is -2.26. The van der Waals surface area contributed by atoms with Gasteiger partial charge < -0.3 is 4.90 Å². The second-order valence-electron chi connectivity index (χ2n) is 3.91. The average Bonchev–Trinajstić information content (AvgIpc) is 2.28. The minimum absolute atomic E-state index is 0.0832. The molecule has 0 aliphatic carbocycles. The first kappa shape index (κ1) is 14.6. The second-order valence-corrected chi connectivity index (χ2v) is 5.56. The number of carbonyl (C=O) groups is 1. The van der Waals surface area contributed by atoms with Gasteiger partial charge in [-0.3, -0.25) is 4.79 Å². The van der Waals surface area contributed by atoms with Crippen LogP contribution in [0.25, 0.3) is 0 Å². The molecular weight excluding hydrogens is 353 g/mol. The summed E-state index contributed by atoms with van der Waals surface area (Å²) in [5.74, 6) is -0.446. The van der Waals surface area contributed by atoms with Gasteiger partial charge in [-0.25, -0.2) is 4.39 Å². The number of alkyl halides is 1. The van der Waals surface area contributed by atoms with Crippen molar-refractivity contribution in [3.05, 3.63) is 34.1 Å². The van der Waals surface area contributed by atoms with E-state index >= 15 is 0 Å². The van der Waals surface area contributed by atoms with Crippen molar-refractivity contribution in [1.82, 2.24) is 4.90 Å². The van der Waals surface area contributed by atoms with Gasteiger partial charge in [0, 0.05) is 23.5 Å². The largest absolute Gasteiger partial charge is 0.335 e. The fourth-order valence-corrected chi connectivity index (χ4v) is 2.24. The molecule has 0 atom stereocenters. The molecule has 0 radical (unpaired) electrons. The Hall–Kier alpha value is -0.420. The summed E-state index contributed by atoms with van der Waals surface area (Å²) < 4.78 is 13.4. The summed E-state index contributed by atoms with van der Waals surface area (Å²) in [6.45, 7) is 4.55. The number of benzene rings is 1. The Bertz CT molecular complexity index is 409. The lowest BCUT2D eigenvalue weighted by Crippen LogP contribution is -2.38. The lowest BCUT2D eigenvalue weighted by molar-refractivity contribution is 0.0719. The first-order valence-electron chi connectivity index (χ1n) is 5.29. The van der Waals surface area contributed by atoms with Gasteiger partial charge in [0.25, 0.3) is 5.91 Å². The van der Waals surface area contributed by atoms with Crippen molar-refractivity contribution in [1.29, 1.82) is 0 Å². The summed E-state index contributed by atoms with van der Waals surface area (Å²) in [6, 6.07) is 4.43. The van der Waals surface area contributed by atoms with Crippen molar-refractivity contribution >= 4 is 37.8 Å². The molecule has 1 amide bonds.